The molecule has 10 heteroatoms. The van der Waals surface area contributed by atoms with Crippen LogP contribution in [0.5, 0.6) is 0 Å². The number of rotatable bonds is 5. The van der Waals surface area contributed by atoms with E-state index in [-0.39, 0.29) is 17.2 Å². The predicted octanol–water partition coefficient (Wildman–Crippen LogP) is 2.43. The molecule has 3 aromatic rings. The minimum atomic E-state index is -3.97. The number of hydrogen-bond acceptors (Lipinski definition) is 5. The molecule has 0 bridgehead atoms. The first kappa shape index (κ1) is 19.5. The van der Waals surface area contributed by atoms with Gasteiger partial charge in [-0.25, -0.2) is 26.9 Å². The SMILES string of the molecule is NS(=O)(=O)CC(=O)c1cnn2ccc(N3CCC[C@@H]3c3cc(F)ccc3F)cc12. The molecule has 0 radical (unpaired) electrons. The number of benzene rings is 1. The number of nitrogens with two attached hydrogens (primary N) is 1. The van der Waals surface area contributed by atoms with E-state index in [1.54, 1.807) is 18.3 Å². The lowest BCUT2D eigenvalue weighted by molar-refractivity contribution is 0.102. The normalized spacial score (nSPS) is 17.2. The quantitative estimate of drug-likeness (QED) is 0.640. The lowest BCUT2D eigenvalue weighted by Gasteiger charge is -2.27. The Kier molecular flexibility index (Phi) is 4.83. The van der Waals surface area contributed by atoms with Crippen molar-refractivity contribution in [3.8, 4) is 0 Å². The summed E-state index contributed by atoms with van der Waals surface area (Å²) in [7, 11) is -3.97. The van der Waals surface area contributed by atoms with Crippen LogP contribution >= 0.6 is 0 Å². The van der Waals surface area contributed by atoms with Crippen molar-refractivity contribution < 1.29 is 22.0 Å². The summed E-state index contributed by atoms with van der Waals surface area (Å²) in [6.07, 6.45) is 4.38. The van der Waals surface area contributed by atoms with E-state index in [4.69, 9.17) is 5.14 Å². The third kappa shape index (κ3) is 3.85. The molecule has 29 heavy (non-hydrogen) atoms. The number of anilines is 1. The molecule has 1 aliphatic rings. The van der Waals surface area contributed by atoms with Crippen molar-refractivity contribution in [3.05, 3.63) is 65.5 Å². The number of carbonyl (C=O) groups is 1. The van der Waals surface area contributed by atoms with E-state index in [0.717, 1.165) is 18.6 Å². The van der Waals surface area contributed by atoms with Gasteiger partial charge in [0.15, 0.2) is 5.78 Å². The van der Waals surface area contributed by atoms with Crippen LogP contribution < -0.4 is 10.0 Å². The zero-order valence-corrected chi connectivity index (χ0v) is 16.1. The molecule has 2 N–H and O–H groups in total. The first-order valence-corrected chi connectivity index (χ1v) is 10.7. The number of pyridine rings is 1. The van der Waals surface area contributed by atoms with Crippen molar-refractivity contribution in [2.24, 2.45) is 5.14 Å². The Morgan fingerprint density at radius 1 is 1.24 bits per heavy atom. The number of halogens is 2. The van der Waals surface area contributed by atoms with Crippen LogP contribution in [0.4, 0.5) is 14.5 Å². The van der Waals surface area contributed by atoms with Crippen molar-refractivity contribution in [3.63, 3.8) is 0 Å². The molecular weight excluding hydrogens is 402 g/mol. The van der Waals surface area contributed by atoms with E-state index in [9.17, 15) is 22.0 Å². The highest BCUT2D eigenvalue weighted by molar-refractivity contribution is 7.89. The monoisotopic (exact) mass is 420 g/mol. The van der Waals surface area contributed by atoms with E-state index in [0.29, 0.717) is 24.2 Å². The highest BCUT2D eigenvalue weighted by atomic mass is 32.2. The molecule has 4 rings (SSSR count). The summed E-state index contributed by atoms with van der Waals surface area (Å²) in [5.74, 6) is -2.46. The van der Waals surface area contributed by atoms with E-state index >= 15 is 0 Å². The topological polar surface area (TPSA) is 97.8 Å². The lowest BCUT2D eigenvalue weighted by atomic mass is 10.0. The standard InChI is InChI=1S/C19H18F2N4O3S/c20-12-3-4-16(21)14(8-12)17-2-1-6-24(17)13-5-7-25-18(9-13)15(10-23-25)19(26)11-29(22,27)28/h3-5,7-10,17H,1-2,6,11H2,(H2,22,27,28)/t17-/m1/s1. The van der Waals surface area contributed by atoms with Crippen LogP contribution in [0.15, 0.2) is 42.7 Å². The minimum Gasteiger partial charge on any atom is -0.364 e. The van der Waals surface area contributed by atoms with Crippen LogP contribution in [0.25, 0.3) is 5.52 Å². The van der Waals surface area contributed by atoms with Gasteiger partial charge in [0.05, 0.1) is 23.3 Å². The first-order valence-electron chi connectivity index (χ1n) is 8.95. The molecule has 7 nitrogen and oxygen atoms in total. The highest BCUT2D eigenvalue weighted by Gasteiger charge is 2.29. The summed E-state index contributed by atoms with van der Waals surface area (Å²) in [6, 6.07) is 6.52. The molecule has 152 valence electrons. The second-order valence-electron chi connectivity index (χ2n) is 7.02. The van der Waals surface area contributed by atoms with Crippen LogP contribution in [-0.2, 0) is 10.0 Å². The number of hydrogen-bond donors (Lipinski definition) is 1. The maximum Gasteiger partial charge on any atom is 0.216 e. The fraction of sp³-hybridized carbons (Fsp3) is 0.263. The molecule has 3 heterocycles. The van der Waals surface area contributed by atoms with Gasteiger partial charge >= 0.3 is 0 Å². The predicted molar refractivity (Wildman–Crippen MR) is 103 cm³/mol. The molecule has 0 unspecified atom stereocenters. The third-order valence-electron chi connectivity index (χ3n) is 5.04. The van der Waals surface area contributed by atoms with Gasteiger partial charge in [-0.2, -0.15) is 5.10 Å². The minimum absolute atomic E-state index is 0.133. The van der Waals surface area contributed by atoms with Crippen molar-refractivity contribution in [2.75, 3.05) is 17.2 Å². The molecule has 1 aromatic carbocycles. The summed E-state index contributed by atoms with van der Waals surface area (Å²) in [4.78, 5) is 14.3. The molecular formula is C19H18F2N4O3S. The number of nitrogens with zero attached hydrogens (tertiary/aromatic N) is 3. The number of Topliss-reactive ketones (excluding diaryl/α,β-unsaturated/α-hetero) is 1. The maximum atomic E-state index is 14.3. The van der Waals surface area contributed by atoms with E-state index in [1.165, 1.54) is 16.8 Å². The van der Waals surface area contributed by atoms with Crippen LogP contribution in [0.2, 0.25) is 0 Å². The largest absolute Gasteiger partial charge is 0.364 e. The summed E-state index contributed by atoms with van der Waals surface area (Å²) < 4.78 is 52.0. The Morgan fingerprint density at radius 2 is 2.03 bits per heavy atom. The van der Waals surface area contributed by atoms with Gasteiger partial charge in [-0.05, 0) is 43.2 Å². The van der Waals surface area contributed by atoms with Gasteiger partial charge in [0.25, 0.3) is 0 Å². The zero-order chi connectivity index (χ0) is 20.8. The van der Waals surface area contributed by atoms with Gasteiger partial charge in [0.2, 0.25) is 10.0 Å². The fourth-order valence-electron chi connectivity index (χ4n) is 3.79. The number of carbonyl (C=O) groups excluding carboxylic acids is 1. The Bertz CT molecular complexity index is 1210. The summed E-state index contributed by atoms with van der Waals surface area (Å²) in [6.45, 7) is 0.630. The average molecular weight is 420 g/mol. The summed E-state index contributed by atoms with van der Waals surface area (Å²) >= 11 is 0. The van der Waals surface area contributed by atoms with Gasteiger partial charge in [-0.15, -0.1) is 0 Å². The number of ketones is 1. The van der Waals surface area contributed by atoms with Gasteiger partial charge in [-0.3, -0.25) is 4.79 Å². The van der Waals surface area contributed by atoms with E-state index in [2.05, 4.69) is 5.10 Å². The smallest absolute Gasteiger partial charge is 0.216 e. The molecule has 0 aliphatic carbocycles. The molecule has 1 fully saturated rings. The zero-order valence-electron chi connectivity index (χ0n) is 15.3. The van der Waals surface area contributed by atoms with Gasteiger partial charge in [0.1, 0.15) is 17.4 Å². The van der Waals surface area contributed by atoms with Gasteiger partial charge < -0.3 is 4.90 Å². The fourth-order valence-corrected chi connectivity index (χ4v) is 4.31. The molecule has 2 aromatic heterocycles. The molecule has 0 spiro atoms. The van der Waals surface area contributed by atoms with Crippen LogP contribution in [0.1, 0.15) is 34.8 Å². The third-order valence-corrected chi connectivity index (χ3v) is 5.70. The summed E-state index contributed by atoms with van der Waals surface area (Å²) in [5, 5.41) is 9.05. The van der Waals surface area contributed by atoms with Crippen molar-refractivity contribution in [1.29, 1.82) is 0 Å². The second-order valence-corrected chi connectivity index (χ2v) is 8.64. The van der Waals surface area contributed by atoms with Gasteiger partial charge in [0, 0.05) is 24.0 Å². The van der Waals surface area contributed by atoms with Gasteiger partial charge in [-0.1, -0.05) is 0 Å². The molecule has 1 atom stereocenters. The molecule has 1 saturated heterocycles. The second kappa shape index (κ2) is 7.20. The summed E-state index contributed by atoms with van der Waals surface area (Å²) in [5.41, 5.74) is 1.53. The molecule has 1 aliphatic heterocycles. The highest BCUT2D eigenvalue weighted by Crippen LogP contribution is 2.38. The Labute approximate surface area is 165 Å². The van der Waals surface area contributed by atoms with Crippen molar-refractivity contribution in [1.82, 2.24) is 9.61 Å². The van der Waals surface area contributed by atoms with Crippen LogP contribution in [-0.4, -0.2) is 36.1 Å². The van der Waals surface area contributed by atoms with Crippen LogP contribution in [0, 0.1) is 11.6 Å². The number of fused-ring (bicyclic) bond motifs is 1. The Morgan fingerprint density at radius 3 is 2.79 bits per heavy atom. The molecule has 0 saturated carbocycles. The van der Waals surface area contributed by atoms with E-state index < -0.39 is 33.2 Å². The average Bonchev–Trinajstić information content (AvgIpc) is 3.28. The number of aromatic nitrogens is 2. The number of primary sulfonamides is 1. The Balaban J connectivity index is 1.73. The van der Waals surface area contributed by atoms with E-state index in [1.807, 2.05) is 4.90 Å². The van der Waals surface area contributed by atoms with Crippen LogP contribution in [0.3, 0.4) is 0 Å². The molecule has 0 amide bonds. The lowest BCUT2D eigenvalue weighted by Crippen LogP contribution is -2.24. The van der Waals surface area contributed by atoms with Crippen molar-refractivity contribution in [2.45, 2.75) is 18.9 Å². The first-order chi connectivity index (χ1) is 13.7. The van der Waals surface area contributed by atoms with Crippen molar-refractivity contribution >= 4 is 27.0 Å². The maximum absolute atomic E-state index is 14.3. The Hall–Kier alpha value is -2.85. The number of sulfonamides is 1.